The highest BCUT2D eigenvalue weighted by molar-refractivity contribution is 5.56. The van der Waals surface area contributed by atoms with Gasteiger partial charge in [0, 0.05) is 31.5 Å². The van der Waals surface area contributed by atoms with Crippen LogP contribution < -0.4 is 5.32 Å². The van der Waals surface area contributed by atoms with E-state index in [-0.39, 0.29) is 0 Å². The minimum absolute atomic E-state index is 0.923. The summed E-state index contributed by atoms with van der Waals surface area (Å²) in [7, 11) is 2.02. The van der Waals surface area contributed by atoms with E-state index in [1.54, 1.807) is 0 Å². The van der Waals surface area contributed by atoms with Gasteiger partial charge in [-0.2, -0.15) is 0 Å². The van der Waals surface area contributed by atoms with Gasteiger partial charge < -0.3 is 9.88 Å². The number of nitrogens with zero attached hydrogens (tertiary/aromatic N) is 2. The number of nitrogens with one attached hydrogen (secondary N) is 1. The third kappa shape index (κ3) is 2.94. The van der Waals surface area contributed by atoms with E-state index in [1.807, 2.05) is 24.0 Å². The van der Waals surface area contributed by atoms with Crippen molar-refractivity contribution in [2.24, 2.45) is 7.05 Å². The van der Waals surface area contributed by atoms with Crippen LogP contribution in [0.15, 0.2) is 36.7 Å². The van der Waals surface area contributed by atoms with Crippen molar-refractivity contribution < 1.29 is 0 Å². The maximum Gasteiger partial charge on any atom is 0.139 e. The molecule has 3 nitrogen and oxygen atoms in total. The summed E-state index contributed by atoms with van der Waals surface area (Å²) in [5.74, 6) is 1.02. The molecule has 1 aromatic heterocycles. The standard InChI is InChI=1S/C14H19N3/c1-3-7-15-11-12-5-4-6-13(10-12)14-16-8-9-17(14)2/h4-6,8-10,15H,3,7,11H2,1-2H3. The van der Waals surface area contributed by atoms with Crippen molar-refractivity contribution in [3.05, 3.63) is 42.2 Å². The molecule has 0 aliphatic rings. The number of aryl methyl sites for hydroxylation is 1. The first-order valence-electron chi connectivity index (χ1n) is 6.08. The van der Waals surface area contributed by atoms with Crippen LogP contribution in [0.1, 0.15) is 18.9 Å². The topological polar surface area (TPSA) is 29.9 Å². The second-order valence-corrected chi connectivity index (χ2v) is 4.24. The maximum absolute atomic E-state index is 4.37. The Morgan fingerprint density at radius 2 is 2.24 bits per heavy atom. The highest BCUT2D eigenvalue weighted by Gasteiger charge is 2.03. The van der Waals surface area contributed by atoms with Gasteiger partial charge in [-0.05, 0) is 24.6 Å². The lowest BCUT2D eigenvalue weighted by Crippen LogP contribution is -2.13. The third-order valence-corrected chi connectivity index (χ3v) is 2.76. The highest BCUT2D eigenvalue weighted by Crippen LogP contribution is 2.17. The lowest BCUT2D eigenvalue weighted by atomic mass is 10.1. The number of hydrogen-bond acceptors (Lipinski definition) is 2. The summed E-state index contributed by atoms with van der Waals surface area (Å²) in [5, 5.41) is 3.41. The fourth-order valence-corrected chi connectivity index (χ4v) is 1.87. The molecular formula is C14H19N3. The molecule has 0 radical (unpaired) electrons. The first-order valence-corrected chi connectivity index (χ1v) is 6.08. The average molecular weight is 229 g/mol. The van der Waals surface area contributed by atoms with E-state index in [1.165, 1.54) is 17.5 Å². The van der Waals surface area contributed by atoms with E-state index in [2.05, 4.69) is 41.5 Å². The van der Waals surface area contributed by atoms with Crippen LogP contribution in [0.5, 0.6) is 0 Å². The number of aromatic nitrogens is 2. The Morgan fingerprint density at radius 1 is 1.35 bits per heavy atom. The molecule has 1 N–H and O–H groups in total. The maximum atomic E-state index is 4.37. The van der Waals surface area contributed by atoms with E-state index in [0.717, 1.165) is 18.9 Å². The Labute approximate surface area is 103 Å². The van der Waals surface area contributed by atoms with Crippen LogP contribution in [0.4, 0.5) is 0 Å². The fraction of sp³-hybridized carbons (Fsp3) is 0.357. The molecule has 1 aromatic carbocycles. The predicted molar refractivity (Wildman–Crippen MR) is 70.6 cm³/mol. The molecule has 0 aliphatic heterocycles. The zero-order valence-corrected chi connectivity index (χ0v) is 10.5. The van der Waals surface area contributed by atoms with Gasteiger partial charge in [0.15, 0.2) is 0 Å². The average Bonchev–Trinajstić information content (AvgIpc) is 2.76. The molecule has 3 heteroatoms. The Kier molecular flexibility index (Phi) is 3.94. The summed E-state index contributed by atoms with van der Waals surface area (Å²) in [5.41, 5.74) is 2.48. The Hall–Kier alpha value is -1.61. The van der Waals surface area contributed by atoms with Gasteiger partial charge in [0.2, 0.25) is 0 Å². The number of imidazole rings is 1. The molecule has 2 aromatic rings. The smallest absolute Gasteiger partial charge is 0.139 e. The van der Waals surface area contributed by atoms with Crippen molar-refractivity contribution in [2.45, 2.75) is 19.9 Å². The molecule has 0 fully saturated rings. The van der Waals surface area contributed by atoms with E-state index in [0.29, 0.717) is 0 Å². The van der Waals surface area contributed by atoms with E-state index in [4.69, 9.17) is 0 Å². The zero-order chi connectivity index (χ0) is 12.1. The van der Waals surface area contributed by atoms with Gasteiger partial charge in [-0.25, -0.2) is 4.98 Å². The lowest BCUT2D eigenvalue weighted by molar-refractivity contribution is 0.675. The summed E-state index contributed by atoms with van der Waals surface area (Å²) in [4.78, 5) is 4.37. The molecule has 0 atom stereocenters. The number of benzene rings is 1. The second-order valence-electron chi connectivity index (χ2n) is 4.24. The van der Waals surface area contributed by atoms with Crippen molar-refractivity contribution in [3.8, 4) is 11.4 Å². The molecule has 0 bridgehead atoms. The van der Waals surface area contributed by atoms with Crippen LogP contribution in [0.25, 0.3) is 11.4 Å². The Morgan fingerprint density at radius 3 is 2.94 bits per heavy atom. The van der Waals surface area contributed by atoms with Gasteiger partial charge in [0.1, 0.15) is 5.82 Å². The van der Waals surface area contributed by atoms with E-state index >= 15 is 0 Å². The molecule has 0 amide bonds. The SMILES string of the molecule is CCCNCc1cccc(-c2nccn2C)c1. The lowest BCUT2D eigenvalue weighted by Gasteiger charge is -2.06. The van der Waals surface area contributed by atoms with Crippen molar-refractivity contribution >= 4 is 0 Å². The minimum Gasteiger partial charge on any atom is -0.334 e. The molecule has 0 aliphatic carbocycles. The fourth-order valence-electron chi connectivity index (χ4n) is 1.87. The van der Waals surface area contributed by atoms with Crippen LogP contribution in [0, 0.1) is 0 Å². The van der Waals surface area contributed by atoms with Crippen LogP contribution in [-0.4, -0.2) is 16.1 Å². The molecular weight excluding hydrogens is 210 g/mol. The normalized spacial score (nSPS) is 10.7. The van der Waals surface area contributed by atoms with Gasteiger partial charge in [0.05, 0.1) is 0 Å². The predicted octanol–water partition coefficient (Wildman–Crippen LogP) is 2.59. The largest absolute Gasteiger partial charge is 0.334 e. The number of rotatable bonds is 5. The molecule has 1 heterocycles. The van der Waals surface area contributed by atoms with Crippen LogP contribution in [0.2, 0.25) is 0 Å². The van der Waals surface area contributed by atoms with Crippen LogP contribution >= 0.6 is 0 Å². The molecule has 0 saturated heterocycles. The summed E-state index contributed by atoms with van der Waals surface area (Å²) in [6, 6.07) is 8.54. The first kappa shape index (κ1) is 11.9. The molecule has 0 spiro atoms. The van der Waals surface area contributed by atoms with Gasteiger partial charge in [0.25, 0.3) is 0 Å². The quantitative estimate of drug-likeness (QED) is 0.799. The van der Waals surface area contributed by atoms with E-state index < -0.39 is 0 Å². The minimum atomic E-state index is 0.923. The monoisotopic (exact) mass is 229 g/mol. The zero-order valence-electron chi connectivity index (χ0n) is 10.5. The number of hydrogen-bond donors (Lipinski definition) is 1. The van der Waals surface area contributed by atoms with Crippen molar-refractivity contribution in [2.75, 3.05) is 6.54 Å². The molecule has 17 heavy (non-hydrogen) atoms. The summed E-state index contributed by atoms with van der Waals surface area (Å²) in [6.07, 6.45) is 4.97. The van der Waals surface area contributed by atoms with Crippen molar-refractivity contribution in [3.63, 3.8) is 0 Å². The first-order chi connectivity index (χ1) is 8.31. The van der Waals surface area contributed by atoms with Gasteiger partial charge >= 0.3 is 0 Å². The molecule has 0 unspecified atom stereocenters. The second kappa shape index (κ2) is 5.64. The molecule has 90 valence electrons. The summed E-state index contributed by atoms with van der Waals surface area (Å²) < 4.78 is 2.04. The Bertz CT molecular complexity index is 474. The van der Waals surface area contributed by atoms with Gasteiger partial charge in [-0.1, -0.05) is 25.1 Å². The molecule has 0 saturated carbocycles. The van der Waals surface area contributed by atoms with Crippen LogP contribution in [0.3, 0.4) is 0 Å². The highest BCUT2D eigenvalue weighted by atomic mass is 15.0. The van der Waals surface area contributed by atoms with Gasteiger partial charge in [-0.15, -0.1) is 0 Å². The Balaban J connectivity index is 2.14. The summed E-state index contributed by atoms with van der Waals surface area (Å²) >= 11 is 0. The van der Waals surface area contributed by atoms with Gasteiger partial charge in [-0.3, -0.25) is 0 Å². The molecule has 2 rings (SSSR count). The van der Waals surface area contributed by atoms with Crippen molar-refractivity contribution in [1.29, 1.82) is 0 Å². The third-order valence-electron chi connectivity index (χ3n) is 2.76. The van der Waals surface area contributed by atoms with E-state index in [9.17, 15) is 0 Å². The van der Waals surface area contributed by atoms with Crippen molar-refractivity contribution in [1.82, 2.24) is 14.9 Å². The summed E-state index contributed by atoms with van der Waals surface area (Å²) in [6.45, 7) is 4.16. The van der Waals surface area contributed by atoms with Crippen LogP contribution in [-0.2, 0) is 13.6 Å².